The first-order chi connectivity index (χ1) is 13.5. The third kappa shape index (κ3) is 4.79. The lowest BCUT2D eigenvalue weighted by Crippen LogP contribution is -2.40. The molecule has 3 rings (SSSR count). The topological polar surface area (TPSA) is 87.0 Å². The number of hydrogen-bond acceptors (Lipinski definition) is 4. The number of rotatable bonds is 6. The minimum Gasteiger partial charge on any atom is -0.340 e. The zero-order valence-corrected chi connectivity index (χ0v) is 16.5. The van der Waals surface area contributed by atoms with Gasteiger partial charge in [0.15, 0.2) is 0 Å². The Morgan fingerprint density at radius 1 is 1.00 bits per heavy atom. The zero-order chi connectivity index (χ0) is 20.0. The number of nitrogens with one attached hydrogen (secondary N) is 1. The maximum absolute atomic E-state index is 12.6. The summed E-state index contributed by atoms with van der Waals surface area (Å²) in [6.45, 7) is 0. The van der Waals surface area contributed by atoms with Gasteiger partial charge in [-0.05, 0) is 42.7 Å². The molecule has 1 amide bonds. The van der Waals surface area contributed by atoms with Crippen molar-refractivity contribution in [1.29, 1.82) is 5.26 Å². The van der Waals surface area contributed by atoms with Gasteiger partial charge in [0.1, 0.15) is 6.04 Å². The molecule has 2 aromatic rings. The van der Waals surface area contributed by atoms with Crippen molar-refractivity contribution in [2.75, 3.05) is 0 Å². The minimum atomic E-state index is -3.56. The third-order valence-corrected chi connectivity index (χ3v) is 6.96. The fraction of sp³-hybridized carbons (Fsp3) is 0.364. The molecule has 2 aromatic carbocycles. The molecule has 28 heavy (non-hydrogen) atoms. The number of carbonyl (C=O) groups excluding carboxylic acids is 1. The highest BCUT2D eigenvalue weighted by atomic mass is 32.2. The first-order valence-electron chi connectivity index (χ1n) is 9.60. The monoisotopic (exact) mass is 396 g/mol. The molecule has 1 aliphatic rings. The van der Waals surface area contributed by atoms with Crippen LogP contribution in [0.4, 0.5) is 0 Å². The van der Waals surface area contributed by atoms with Crippen LogP contribution < -0.4 is 5.32 Å². The second-order valence-electron chi connectivity index (χ2n) is 7.19. The van der Waals surface area contributed by atoms with Gasteiger partial charge in [0.25, 0.3) is 0 Å². The van der Waals surface area contributed by atoms with Crippen LogP contribution in [0.15, 0.2) is 64.4 Å². The second-order valence-corrected chi connectivity index (χ2v) is 9.14. The van der Waals surface area contributed by atoms with E-state index in [1.54, 1.807) is 54.6 Å². The van der Waals surface area contributed by atoms with Crippen LogP contribution in [0, 0.1) is 17.2 Å². The third-order valence-electron chi connectivity index (χ3n) is 5.18. The summed E-state index contributed by atoms with van der Waals surface area (Å²) in [5, 5.41) is 12.2. The number of benzene rings is 2. The Labute approximate surface area is 166 Å². The molecular formula is C22H24N2O3S. The normalized spacial score (nSPS) is 16.1. The molecule has 0 heterocycles. The van der Waals surface area contributed by atoms with Crippen LogP contribution in [0.2, 0.25) is 0 Å². The van der Waals surface area contributed by atoms with Crippen molar-refractivity contribution in [3.05, 3.63) is 60.2 Å². The van der Waals surface area contributed by atoms with Gasteiger partial charge < -0.3 is 5.32 Å². The minimum absolute atomic E-state index is 0.00277. The van der Waals surface area contributed by atoms with Gasteiger partial charge in [-0.2, -0.15) is 5.26 Å². The van der Waals surface area contributed by atoms with E-state index in [2.05, 4.69) is 11.4 Å². The molecule has 5 nitrogen and oxygen atoms in total. The van der Waals surface area contributed by atoms with Crippen molar-refractivity contribution in [3.8, 4) is 6.07 Å². The van der Waals surface area contributed by atoms with E-state index in [1.165, 1.54) is 6.42 Å². The predicted octanol–water partition coefficient (Wildman–Crippen LogP) is 3.65. The van der Waals surface area contributed by atoms with Crippen LogP contribution in [0.5, 0.6) is 0 Å². The van der Waals surface area contributed by atoms with Gasteiger partial charge in [-0.1, -0.05) is 49.6 Å². The summed E-state index contributed by atoms with van der Waals surface area (Å²) in [7, 11) is -3.56. The number of sulfone groups is 1. The highest BCUT2D eigenvalue weighted by molar-refractivity contribution is 7.91. The van der Waals surface area contributed by atoms with Crippen molar-refractivity contribution >= 4 is 15.7 Å². The van der Waals surface area contributed by atoms with Crippen LogP contribution in [0.1, 0.15) is 37.7 Å². The maximum atomic E-state index is 12.6. The average molecular weight is 397 g/mol. The Hall–Kier alpha value is -2.65. The van der Waals surface area contributed by atoms with E-state index in [1.807, 2.05) is 0 Å². The number of nitriles is 1. The quantitative estimate of drug-likeness (QED) is 0.807. The van der Waals surface area contributed by atoms with E-state index >= 15 is 0 Å². The first kappa shape index (κ1) is 20.1. The maximum Gasteiger partial charge on any atom is 0.224 e. The largest absolute Gasteiger partial charge is 0.340 e. The van der Waals surface area contributed by atoms with Gasteiger partial charge in [-0.3, -0.25) is 4.79 Å². The van der Waals surface area contributed by atoms with Gasteiger partial charge in [0.2, 0.25) is 15.7 Å². The predicted molar refractivity (Wildman–Crippen MR) is 106 cm³/mol. The Balaban J connectivity index is 1.66. The average Bonchev–Trinajstić information content (AvgIpc) is 2.75. The SMILES string of the molecule is N#C[C@H](Cc1ccc(S(=O)(=O)c2ccccc2)cc1)NC(=O)C1CCCCC1. The van der Waals surface area contributed by atoms with Crippen molar-refractivity contribution < 1.29 is 13.2 Å². The molecule has 0 aromatic heterocycles. The number of nitrogens with zero attached hydrogens (tertiary/aromatic N) is 1. The Morgan fingerprint density at radius 2 is 1.61 bits per heavy atom. The summed E-state index contributed by atoms with van der Waals surface area (Å²) >= 11 is 0. The van der Waals surface area contributed by atoms with E-state index in [9.17, 15) is 18.5 Å². The molecule has 1 fully saturated rings. The smallest absolute Gasteiger partial charge is 0.224 e. The van der Waals surface area contributed by atoms with Gasteiger partial charge in [0, 0.05) is 12.3 Å². The molecule has 0 bridgehead atoms. The molecule has 0 saturated heterocycles. The second kappa shape index (κ2) is 9.03. The first-order valence-corrected chi connectivity index (χ1v) is 11.1. The summed E-state index contributed by atoms with van der Waals surface area (Å²) in [5.41, 5.74) is 0.808. The van der Waals surface area contributed by atoms with Crippen molar-refractivity contribution in [1.82, 2.24) is 5.32 Å². The number of carbonyl (C=O) groups is 1. The van der Waals surface area contributed by atoms with E-state index in [0.29, 0.717) is 6.42 Å². The van der Waals surface area contributed by atoms with Crippen molar-refractivity contribution in [2.45, 2.75) is 54.4 Å². The van der Waals surface area contributed by atoms with Gasteiger partial charge in [-0.25, -0.2) is 8.42 Å². The summed E-state index contributed by atoms with van der Waals surface area (Å²) in [4.78, 5) is 12.8. The van der Waals surface area contributed by atoms with E-state index < -0.39 is 15.9 Å². The highest BCUT2D eigenvalue weighted by Crippen LogP contribution is 2.24. The zero-order valence-electron chi connectivity index (χ0n) is 15.7. The fourth-order valence-electron chi connectivity index (χ4n) is 3.56. The molecule has 146 valence electrons. The van der Waals surface area contributed by atoms with Gasteiger partial charge in [0.05, 0.1) is 15.9 Å². The van der Waals surface area contributed by atoms with Gasteiger partial charge in [-0.15, -0.1) is 0 Å². The van der Waals surface area contributed by atoms with Crippen LogP contribution in [-0.4, -0.2) is 20.4 Å². The molecule has 1 saturated carbocycles. The van der Waals surface area contributed by atoms with Crippen LogP contribution in [-0.2, 0) is 21.1 Å². The summed E-state index contributed by atoms with van der Waals surface area (Å²) in [6, 6.07) is 16.3. The lowest BCUT2D eigenvalue weighted by Gasteiger charge is -2.22. The molecule has 0 aliphatic heterocycles. The lowest BCUT2D eigenvalue weighted by molar-refractivity contribution is -0.126. The van der Waals surface area contributed by atoms with Crippen LogP contribution >= 0.6 is 0 Å². The van der Waals surface area contributed by atoms with Crippen molar-refractivity contribution in [2.24, 2.45) is 5.92 Å². The summed E-state index contributed by atoms with van der Waals surface area (Å²) < 4.78 is 25.3. The molecule has 1 atom stereocenters. The molecule has 1 N–H and O–H groups in total. The van der Waals surface area contributed by atoms with Crippen molar-refractivity contribution in [3.63, 3.8) is 0 Å². The Bertz CT molecular complexity index is 942. The molecule has 6 heteroatoms. The molecule has 0 spiro atoms. The summed E-state index contributed by atoms with van der Waals surface area (Å²) in [6.07, 6.45) is 5.41. The molecule has 0 unspecified atom stereocenters. The lowest BCUT2D eigenvalue weighted by atomic mass is 9.88. The standard InChI is InChI=1S/C22H24N2O3S/c23-16-19(24-22(25)18-7-3-1-4-8-18)15-17-11-13-21(14-12-17)28(26,27)20-9-5-2-6-10-20/h2,5-6,9-14,18-19H,1,3-4,7-8,15H2,(H,24,25)/t19-/m0/s1. The fourth-order valence-corrected chi connectivity index (χ4v) is 4.84. The van der Waals surface area contributed by atoms with E-state index in [0.717, 1.165) is 31.2 Å². The molecule has 0 radical (unpaired) electrons. The van der Waals surface area contributed by atoms with E-state index in [4.69, 9.17) is 0 Å². The van der Waals surface area contributed by atoms with Gasteiger partial charge >= 0.3 is 0 Å². The number of hydrogen-bond donors (Lipinski definition) is 1. The highest BCUT2D eigenvalue weighted by Gasteiger charge is 2.23. The van der Waals surface area contributed by atoms with Crippen LogP contribution in [0.3, 0.4) is 0 Å². The Kier molecular flexibility index (Phi) is 6.48. The number of amides is 1. The Morgan fingerprint density at radius 3 is 2.21 bits per heavy atom. The van der Waals surface area contributed by atoms with Crippen LogP contribution in [0.25, 0.3) is 0 Å². The molecule has 1 aliphatic carbocycles. The summed E-state index contributed by atoms with van der Waals surface area (Å²) in [5.74, 6) is -0.0440. The molecular weight excluding hydrogens is 372 g/mol. The van der Waals surface area contributed by atoms with E-state index in [-0.39, 0.29) is 21.6 Å².